The van der Waals surface area contributed by atoms with Crippen LogP contribution in [0.2, 0.25) is 0 Å². The van der Waals surface area contributed by atoms with E-state index in [1.807, 2.05) is 25.1 Å². The van der Waals surface area contributed by atoms with Crippen LogP contribution in [0.1, 0.15) is 36.4 Å². The number of halogens is 3. The number of benzene rings is 2. The molecule has 0 bridgehead atoms. The summed E-state index contributed by atoms with van der Waals surface area (Å²) in [6.07, 6.45) is 0. The van der Waals surface area contributed by atoms with Crippen molar-refractivity contribution < 1.29 is 13.5 Å². The fourth-order valence-electron chi connectivity index (χ4n) is 3.07. The molecule has 0 aliphatic heterocycles. The third-order valence-corrected chi connectivity index (χ3v) is 5.45. The van der Waals surface area contributed by atoms with Gasteiger partial charge in [-0.15, -0.1) is 0 Å². The Hall–Kier alpha value is -2.58. The predicted molar refractivity (Wildman–Crippen MR) is 120 cm³/mol. The first kappa shape index (κ1) is 23.1. The van der Waals surface area contributed by atoms with Gasteiger partial charge in [-0.25, -0.2) is 8.78 Å². The molecule has 0 spiro atoms. The molecule has 31 heavy (non-hydrogen) atoms. The summed E-state index contributed by atoms with van der Waals surface area (Å²) in [5.74, 6) is -0.901. The fraction of sp³-hybridized carbons (Fsp3) is 0.304. The lowest BCUT2D eigenvalue weighted by Gasteiger charge is -2.17. The molecule has 0 unspecified atom stereocenters. The minimum absolute atomic E-state index is 0.0535. The van der Waals surface area contributed by atoms with Gasteiger partial charge in [0.15, 0.2) is 0 Å². The molecule has 8 heteroatoms. The van der Waals surface area contributed by atoms with E-state index in [0.717, 1.165) is 28.9 Å². The molecule has 5 nitrogen and oxygen atoms in total. The standard InChI is InChI=1S/C23H24BrF2N3O2/c1-13(2)27-11-16-6-5-14(3)20(9-16)29-15(4)28-22(21(24)23(29)30)31-12-17-7-8-18(25)10-19(17)26/h5-10,13,27H,11-12H2,1-4H3. The summed E-state index contributed by atoms with van der Waals surface area (Å²) >= 11 is 3.27. The quantitative estimate of drug-likeness (QED) is 0.507. The third-order valence-electron chi connectivity index (χ3n) is 4.77. The van der Waals surface area contributed by atoms with Crippen LogP contribution in [0.3, 0.4) is 0 Å². The second-order valence-electron chi connectivity index (χ2n) is 7.60. The normalized spacial score (nSPS) is 11.2. The van der Waals surface area contributed by atoms with E-state index in [1.165, 1.54) is 10.6 Å². The summed E-state index contributed by atoms with van der Waals surface area (Å²) in [4.78, 5) is 17.5. The van der Waals surface area contributed by atoms with Crippen LogP contribution in [-0.2, 0) is 13.2 Å². The van der Waals surface area contributed by atoms with E-state index in [2.05, 4.69) is 40.1 Å². The van der Waals surface area contributed by atoms with Crippen molar-refractivity contribution in [3.63, 3.8) is 0 Å². The van der Waals surface area contributed by atoms with Gasteiger partial charge in [-0.3, -0.25) is 9.36 Å². The van der Waals surface area contributed by atoms with E-state index in [0.29, 0.717) is 18.4 Å². The minimum atomic E-state index is -0.719. The largest absolute Gasteiger partial charge is 0.472 e. The molecule has 0 aliphatic rings. The highest BCUT2D eigenvalue weighted by molar-refractivity contribution is 9.10. The minimum Gasteiger partial charge on any atom is -0.472 e. The van der Waals surface area contributed by atoms with Gasteiger partial charge in [0.25, 0.3) is 5.56 Å². The molecule has 0 atom stereocenters. The Morgan fingerprint density at radius 2 is 1.90 bits per heavy atom. The van der Waals surface area contributed by atoms with Crippen molar-refractivity contribution >= 4 is 15.9 Å². The average molecular weight is 492 g/mol. The number of aryl methyl sites for hydroxylation is 2. The molecule has 1 N–H and O–H groups in total. The van der Waals surface area contributed by atoms with Crippen molar-refractivity contribution in [2.45, 2.75) is 46.9 Å². The maximum Gasteiger partial charge on any atom is 0.276 e. The van der Waals surface area contributed by atoms with Crippen molar-refractivity contribution in [1.29, 1.82) is 0 Å². The maximum atomic E-state index is 13.9. The molecule has 2 aromatic carbocycles. The van der Waals surface area contributed by atoms with E-state index in [-0.39, 0.29) is 28.1 Å². The zero-order chi connectivity index (χ0) is 22.7. The number of rotatable bonds is 7. The van der Waals surface area contributed by atoms with Crippen molar-refractivity contribution in [2.75, 3.05) is 0 Å². The van der Waals surface area contributed by atoms with Crippen molar-refractivity contribution in [1.82, 2.24) is 14.9 Å². The number of nitrogens with one attached hydrogen (secondary N) is 1. The third kappa shape index (κ3) is 5.37. The lowest BCUT2D eigenvalue weighted by atomic mass is 10.1. The van der Waals surface area contributed by atoms with E-state index in [4.69, 9.17) is 4.74 Å². The summed E-state index contributed by atoms with van der Waals surface area (Å²) in [7, 11) is 0. The van der Waals surface area contributed by atoms with Crippen LogP contribution in [0.4, 0.5) is 8.78 Å². The highest BCUT2D eigenvalue weighted by Gasteiger charge is 2.17. The first-order valence-corrected chi connectivity index (χ1v) is 10.7. The van der Waals surface area contributed by atoms with Crippen LogP contribution in [0, 0.1) is 25.5 Å². The van der Waals surface area contributed by atoms with Gasteiger partial charge in [0.1, 0.15) is 28.5 Å². The van der Waals surface area contributed by atoms with E-state index in [9.17, 15) is 13.6 Å². The van der Waals surface area contributed by atoms with Crippen molar-refractivity contribution in [3.05, 3.63) is 85.4 Å². The zero-order valence-corrected chi connectivity index (χ0v) is 19.4. The van der Waals surface area contributed by atoms with Gasteiger partial charge >= 0.3 is 0 Å². The van der Waals surface area contributed by atoms with Gasteiger partial charge in [0.2, 0.25) is 5.88 Å². The second-order valence-corrected chi connectivity index (χ2v) is 8.39. The van der Waals surface area contributed by atoms with Crippen LogP contribution in [-0.4, -0.2) is 15.6 Å². The first-order valence-electron chi connectivity index (χ1n) is 9.86. The Kier molecular flexibility index (Phi) is 7.23. The monoisotopic (exact) mass is 491 g/mol. The maximum absolute atomic E-state index is 13.9. The van der Waals surface area contributed by atoms with Gasteiger partial charge in [0.05, 0.1) is 5.69 Å². The Bertz CT molecular complexity index is 1160. The van der Waals surface area contributed by atoms with E-state index < -0.39 is 11.6 Å². The van der Waals surface area contributed by atoms with Crippen LogP contribution in [0.5, 0.6) is 5.88 Å². The average Bonchev–Trinajstić information content (AvgIpc) is 2.71. The van der Waals surface area contributed by atoms with Crippen LogP contribution in [0.25, 0.3) is 5.69 Å². The molecule has 3 rings (SSSR count). The smallest absolute Gasteiger partial charge is 0.276 e. The van der Waals surface area contributed by atoms with Crippen molar-refractivity contribution in [3.8, 4) is 11.6 Å². The molecule has 0 aliphatic carbocycles. The highest BCUT2D eigenvalue weighted by atomic mass is 79.9. The molecule has 3 aromatic rings. The van der Waals surface area contributed by atoms with Gasteiger partial charge in [-0.1, -0.05) is 26.0 Å². The summed E-state index contributed by atoms with van der Waals surface area (Å²) in [6.45, 7) is 8.27. The zero-order valence-electron chi connectivity index (χ0n) is 17.8. The molecule has 0 amide bonds. The molecule has 1 aromatic heterocycles. The highest BCUT2D eigenvalue weighted by Crippen LogP contribution is 2.24. The molecule has 164 valence electrons. The summed E-state index contributed by atoms with van der Waals surface area (Å²) in [5.41, 5.74) is 2.53. The van der Waals surface area contributed by atoms with Gasteiger partial charge in [-0.2, -0.15) is 4.98 Å². The number of hydrogen-bond acceptors (Lipinski definition) is 4. The molecule has 0 saturated carbocycles. The van der Waals surface area contributed by atoms with Crippen molar-refractivity contribution in [2.24, 2.45) is 0 Å². The Balaban J connectivity index is 1.93. The van der Waals surface area contributed by atoms with E-state index in [1.54, 1.807) is 6.92 Å². The summed E-state index contributed by atoms with van der Waals surface area (Å²) in [6, 6.07) is 9.52. The molecule has 1 heterocycles. The SMILES string of the molecule is Cc1ccc(CNC(C)C)cc1-n1c(C)nc(OCc2ccc(F)cc2F)c(Br)c1=O. The molecule has 0 saturated heterocycles. The molecular formula is C23H24BrF2N3O2. The first-order chi connectivity index (χ1) is 14.7. The number of hydrogen-bond donors (Lipinski definition) is 1. The number of nitrogens with zero attached hydrogens (tertiary/aromatic N) is 2. The van der Waals surface area contributed by atoms with Crippen LogP contribution in [0.15, 0.2) is 45.7 Å². The van der Waals surface area contributed by atoms with Gasteiger partial charge in [0, 0.05) is 24.2 Å². The van der Waals surface area contributed by atoms with E-state index >= 15 is 0 Å². The second kappa shape index (κ2) is 9.70. The lowest BCUT2D eigenvalue weighted by molar-refractivity contribution is 0.283. The number of ether oxygens (including phenoxy) is 1. The molecule has 0 fully saturated rings. The van der Waals surface area contributed by atoms with Crippen LogP contribution >= 0.6 is 15.9 Å². The topological polar surface area (TPSA) is 56.1 Å². The van der Waals surface area contributed by atoms with Gasteiger partial charge < -0.3 is 10.1 Å². The Morgan fingerprint density at radius 1 is 1.16 bits per heavy atom. The number of aromatic nitrogens is 2. The molecule has 0 radical (unpaired) electrons. The summed E-state index contributed by atoms with van der Waals surface area (Å²) in [5, 5.41) is 3.36. The fourth-order valence-corrected chi connectivity index (χ4v) is 3.46. The summed E-state index contributed by atoms with van der Waals surface area (Å²) < 4.78 is 34.2. The predicted octanol–water partition coefficient (Wildman–Crippen LogP) is 4.97. The lowest BCUT2D eigenvalue weighted by Crippen LogP contribution is -2.25. The van der Waals surface area contributed by atoms with Crippen LogP contribution < -0.4 is 15.6 Å². The Labute approximate surface area is 188 Å². The van der Waals surface area contributed by atoms with Gasteiger partial charge in [-0.05, 0) is 59.1 Å². The Morgan fingerprint density at radius 3 is 2.58 bits per heavy atom. The molecular weight excluding hydrogens is 468 g/mol.